The maximum absolute atomic E-state index is 9.77. The second-order valence-electron chi connectivity index (χ2n) is 1.63. The lowest BCUT2D eigenvalue weighted by Crippen LogP contribution is -2.34. The summed E-state index contributed by atoms with van der Waals surface area (Å²) in [6.45, 7) is 2.50. The summed E-state index contributed by atoms with van der Waals surface area (Å²) in [7, 11) is 0. The summed E-state index contributed by atoms with van der Waals surface area (Å²) in [6.07, 6.45) is 1.58. The first kappa shape index (κ1) is 7.43. The lowest BCUT2D eigenvalue weighted by atomic mass is 10.2. The minimum absolute atomic E-state index is 0.160. The van der Waals surface area contributed by atoms with Gasteiger partial charge in [0.15, 0.2) is 0 Å². The van der Waals surface area contributed by atoms with E-state index >= 15 is 0 Å². The second kappa shape index (κ2) is 4.59. The molecule has 0 fully saturated rings. The number of hydrogen-bond donors (Lipinski definition) is 2. The zero-order valence-corrected chi connectivity index (χ0v) is 5.05. The molecule has 1 unspecified atom stereocenters. The van der Waals surface area contributed by atoms with Crippen molar-refractivity contribution in [2.75, 3.05) is 6.54 Å². The molecule has 0 spiro atoms. The zero-order valence-electron chi connectivity index (χ0n) is 5.05. The first-order chi connectivity index (χ1) is 3.85. The Balaban J connectivity index is 3.20. The Morgan fingerprint density at radius 1 is 1.88 bits per heavy atom. The molecule has 3 heteroatoms. The molecule has 0 aromatic heterocycles. The third-order valence-corrected chi connectivity index (χ3v) is 1.08. The van der Waals surface area contributed by atoms with Crippen LogP contribution < -0.4 is 11.1 Å². The minimum atomic E-state index is 0.160. The lowest BCUT2D eigenvalue weighted by Gasteiger charge is -2.08. The fraction of sp³-hybridized carbons (Fsp3) is 0.800. The van der Waals surface area contributed by atoms with Crippen molar-refractivity contribution in [3.63, 3.8) is 0 Å². The van der Waals surface area contributed by atoms with Gasteiger partial charge >= 0.3 is 0 Å². The summed E-state index contributed by atoms with van der Waals surface area (Å²) in [5.41, 5.74) is 5.25. The summed E-state index contributed by atoms with van der Waals surface area (Å²) >= 11 is 0. The van der Waals surface area contributed by atoms with Gasteiger partial charge in [-0.25, -0.2) is 0 Å². The molecule has 0 aliphatic rings. The molecule has 0 aliphatic carbocycles. The molecule has 0 aromatic carbocycles. The number of carbonyl (C=O) groups is 1. The molecule has 8 heavy (non-hydrogen) atoms. The van der Waals surface area contributed by atoms with Gasteiger partial charge in [0.25, 0.3) is 0 Å². The van der Waals surface area contributed by atoms with Gasteiger partial charge in [-0.2, -0.15) is 0 Å². The third kappa shape index (κ3) is 2.58. The summed E-state index contributed by atoms with van der Waals surface area (Å²) in [5, 5.41) is 2.58. The highest BCUT2D eigenvalue weighted by molar-refractivity contribution is 5.46. The van der Waals surface area contributed by atoms with E-state index in [9.17, 15) is 4.79 Å². The van der Waals surface area contributed by atoms with Crippen LogP contribution in [-0.4, -0.2) is 19.0 Å². The van der Waals surface area contributed by atoms with E-state index in [4.69, 9.17) is 5.73 Å². The molecule has 0 saturated carbocycles. The van der Waals surface area contributed by atoms with Crippen molar-refractivity contribution in [3.8, 4) is 0 Å². The Hall–Kier alpha value is -0.570. The number of amides is 1. The fourth-order valence-corrected chi connectivity index (χ4v) is 0.449. The average molecular weight is 116 g/mol. The van der Waals surface area contributed by atoms with E-state index in [1.54, 1.807) is 0 Å². The monoisotopic (exact) mass is 116 g/mol. The molecule has 0 radical (unpaired) electrons. The number of hydrogen-bond acceptors (Lipinski definition) is 2. The highest BCUT2D eigenvalue weighted by Crippen LogP contribution is 1.82. The largest absolute Gasteiger partial charge is 0.355 e. The van der Waals surface area contributed by atoms with E-state index in [1.165, 1.54) is 0 Å². The molecule has 3 N–H and O–H groups in total. The van der Waals surface area contributed by atoms with Gasteiger partial charge in [0.05, 0.1) is 0 Å². The van der Waals surface area contributed by atoms with Crippen molar-refractivity contribution in [3.05, 3.63) is 0 Å². The van der Waals surface area contributed by atoms with E-state index in [0.717, 1.165) is 6.42 Å². The van der Waals surface area contributed by atoms with Gasteiger partial charge in [-0.15, -0.1) is 0 Å². The zero-order chi connectivity index (χ0) is 6.41. The van der Waals surface area contributed by atoms with Crippen LogP contribution in [0.2, 0.25) is 0 Å². The fourth-order valence-electron chi connectivity index (χ4n) is 0.449. The van der Waals surface area contributed by atoms with Gasteiger partial charge in [-0.3, -0.25) is 4.79 Å². The van der Waals surface area contributed by atoms with Crippen LogP contribution in [0, 0.1) is 0 Å². The number of nitrogens with two attached hydrogens (primary N) is 1. The van der Waals surface area contributed by atoms with Gasteiger partial charge in [0, 0.05) is 12.6 Å². The lowest BCUT2D eigenvalue weighted by molar-refractivity contribution is -0.110. The Kier molecular flexibility index (Phi) is 4.26. The molecule has 0 bridgehead atoms. The van der Waals surface area contributed by atoms with Gasteiger partial charge in [0.2, 0.25) is 6.41 Å². The van der Waals surface area contributed by atoms with Crippen LogP contribution in [0.15, 0.2) is 0 Å². The van der Waals surface area contributed by atoms with Crippen LogP contribution in [0.4, 0.5) is 0 Å². The van der Waals surface area contributed by atoms with Crippen molar-refractivity contribution in [1.82, 2.24) is 5.32 Å². The molecule has 3 nitrogen and oxygen atoms in total. The molecule has 48 valence electrons. The maximum atomic E-state index is 9.77. The van der Waals surface area contributed by atoms with Crippen LogP contribution in [0.3, 0.4) is 0 Å². The molecule has 0 heterocycles. The van der Waals surface area contributed by atoms with Crippen molar-refractivity contribution in [2.24, 2.45) is 5.73 Å². The van der Waals surface area contributed by atoms with Crippen molar-refractivity contribution < 1.29 is 4.79 Å². The second-order valence-corrected chi connectivity index (χ2v) is 1.63. The van der Waals surface area contributed by atoms with E-state index in [0.29, 0.717) is 13.0 Å². The Labute approximate surface area is 49.3 Å². The third-order valence-electron chi connectivity index (χ3n) is 1.08. The number of nitrogens with one attached hydrogen (secondary N) is 1. The Morgan fingerprint density at radius 2 is 2.50 bits per heavy atom. The summed E-state index contributed by atoms with van der Waals surface area (Å²) in [4.78, 5) is 9.77. The van der Waals surface area contributed by atoms with Crippen molar-refractivity contribution in [2.45, 2.75) is 19.4 Å². The van der Waals surface area contributed by atoms with Crippen LogP contribution in [0.1, 0.15) is 13.3 Å². The van der Waals surface area contributed by atoms with E-state index in [1.807, 2.05) is 6.92 Å². The number of rotatable bonds is 4. The molecule has 0 aliphatic heterocycles. The normalized spacial score (nSPS) is 12.8. The Morgan fingerprint density at radius 3 is 2.62 bits per heavy atom. The van der Waals surface area contributed by atoms with Crippen LogP contribution in [0.25, 0.3) is 0 Å². The van der Waals surface area contributed by atoms with Gasteiger partial charge in [-0.05, 0) is 6.42 Å². The minimum Gasteiger partial charge on any atom is -0.355 e. The maximum Gasteiger partial charge on any atom is 0.207 e. The van der Waals surface area contributed by atoms with Crippen LogP contribution in [0.5, 0.6) is 0 Å². The Bertz CT molecular complexity index is 61.4. The molecular weight excluding hydrogens is 104 g/mol. The highest BCUT2D eigenvalue weighted by Gasteiger charge is 1.97. The molecule has 1 atom stereocenters. The van der Waals surface area contributed by atoms with E-state index in [2.05, 4.69) is 5.32 Å². The van der Waals surface area contributed by atoms with Crippen molar-refractivity contribution in [1.29, 1.82) is 0 Å². The summed E-state index contributed by atoms with van der Waals surface area (Å²) in [6, 6.07) is 0.160. The van der Waals surface area contributed by atoms with E-state index < -0.39 is 0 Å². The first-order valence-corrected chi connectivity index (χ1v) is 2.74. The van der Waals surface area contributed by atoms with E-state index in [-0.39, 0.29) is 6.04 Å². The molecule has 0 aromatic rings. The molecular formula is C5H12N2O. The first-order valence-electron chi connectivity index (χ1n) is 2.74. The van der Waals surface area contributed by atoms with Gasteiger partial charge < -0.3 is 11.1 Å². The number of carbonyl (C=O) groups excluding carboxylic acids is 1. The molecule has 0 rings (SSSR count). The predicted molar refractivity (Wildman–Crippen MR) is 32.3 cm³/mol. The average Bonchev–Trinajstić information content (AvgIpc) is 1.83. The van der Waals surface area contributed by atoms with Gasteiger partial charge in [0.1, 0.15) is 0 Å². The van der Waals surface area contributed by atoms with Crippen molar-refractivity contribution >= 4 is 6.41 Å². The summed E-state index contributed by atoms with van der Waals surface area (Å²) < 4.78 is 0. The molecule has 1 amide bonds. The predicted octanol–water partition coefficient (Wildman–Crippen LogP) is -0.530. The SMILES string of the molecule is CCC(CN)NC=O. The molecule has 0 saturated heterocycles. The highest BCUT2D eigenvalue weighted by atomic mass is 16.1. The van der Waals surface area contributed by atoms with Gasteiger partial charge in [-0.1, -0.05) is 6.92 Å². The quantitative estimate of drug-likeness (QED) is 0.485. The summed E-state index contributed by atoms with van der Waals surface area (Å²) in [5.74, 6) is 0. The smallest absolute Gasteiger partial charge is 0.207 e. The van der Waals surface area contributed by atoms with Crippen LogP contribution in [-0.2, 0) is 4.79 Å². The van der Waals surface area contributed by atoms with Crippen LogP contribution >= 0.6 is 0 Å². The topological polar surface area (TPSA) is 55.1 Å². The standard InChI is InChI=1S/C5H12N2O/c1-2-5(3-6)7-4-8/h4-5H,2-3,6H2,1H3,(H,7,8).